The zero-order valence-electron chi connectivity index (χ0n) is 22.5. The molecular formula is C32H27ClN2O6. The van der Waals surface area contributed by atoms with Crippen LogP contribution in [0.25, 0.3) is 11.6 Å². The Kier molecular flexibility index (Phi) is 9.81. The van der Waals surface area contributed by atoms with Crippen LogP contribution in [0.2, 0.25) is 5.02 Å². The van der Waals surface area contributed by atoms with Gasteiger partial charge in [0.15, 0.2) is 23.0 Å². The molecule has 208 valence electrons. The van der Waals surface area contributed by atoms with Gasteiger partial charge in [-0.25, -0.2) is 0 Å². The van der Waals surface area contributed by atoms with Gasteiger partial charge in [0.2, 0.25) is 0 Å². The molecule has 8 nitrogen and oxygen atoms in total. The number of allylic oxidation sites excluding steroid dienone is 1. The Morgan fingerprint density at radius 3 is 2.29 bits per heavy atom. The number of hydrogen-bond donors (Lipinski definition) is 0. The maximum atomic E-state index is 11.0. The highest BCUT2D eigenvalue weighted by Crippen LogP contribution is 2.39. The molecule has 0 bridgehead atoms. The van der Waals surface area contributed by atoms with Crippen molar-refractivity contribution in [1.82, 2.24) is 0 Å². The van der Waals surface area contributed by atoms with Crippen LogP contribution in [-0.2, 0) is 13.2 Å². The van der Waals surface area contributed by atoms with E-state index in [4.69, 9.17) is 30.5 Å². The first-order valence-electron chi connectivity index (χ1n) is 12.7. The minimum absolute atomic E-state index is 0.0545. The Balaban J connectivity index is 1.52. The molecule has 9 heteroatoms. The predicted molar refractivity (Wildman–Crippen MR) is 157 cm³/mol. The van der Waals surface area contributed by atoms with Gasteiger partial charge in [0.1, 0.15) is 13.2 Å². The van der Waals surface area contributed by atoms with Gasteiger partial charge >= 0.3 is 0 Å². The van der Waals surface area contributed by atoms with Crippen molar-refractivity contribution in [2.75, 3.05) is 13.7 Å². The average molecular weight is 571 g/mol. The lowest BCUT2D eigenvalue weighted by atomic mass is 10.0. The third-order valence-corrected chi connectivity index (χ3v) is 6.28. The molecule has 0 saturated heterocycles. The van der Waals surface area contributed by atoms with Crippen molar-refractivity contribution < 1.29 is 23.9 Å². The molecule has 0 fully saturated rings. The number of nitrogens with zero attached hydrogens (tertiary/aromatic N) is 2. The molecule has 0 atom stereocenters. The molecule has 0 spiro atoms. The Hall–Kier alpha value is -5.00. The lowest BCUT2D eigenvalue weighted by molar-refractivity contribution is -0.384. The summed E-state index contributed by atoms with van der Waals surface area (Å²) in [4.78, 5) is 10.5. The first kappa shape index (κ1) is 29.0. The lowest BCUT2D eigenvalue weighted by Gasteiger charge is -2.16. The second-order valence-electron chi connectivity index (χ2n) is 8.78. The summed E-state index contributed by atoms with van der Waals surface area (Å²) in [6.07, 6.45) is 1.64. The van der Waals surface area contributed by atoms with Crippen LogP contribution < -0.4 is 18.9 Å². The van der Waals surface area contributed by atoms with E-state index in [-0.39, 0.29) is 12.3 Å². The smallest absolute Gasteiger partial charge is 0.269 e. The molecule has 0 saturated carbocycles. The van der Waals surface area contributed by atoms with E-state index in [1.807, 2.05) is 55.5 Å². The third kappa shape index (κ3) is 7.56. The van der Waals surface area contributed by atoms with Crippen LogP contribution in [0.1, 0.15) is 29.2 Å². The molecule has 0 heterocycles. The van der Waals surface area contributed by atoms with E-state index in [0.717, 1.165) is 11.1 Å². The number of non-ortho nitro benzene ring substituents is 1. The zero-order chi connectivity index (χ0) is 29.2. The molecule has 0 amide bonds. The fraction of sp³-hybridized carbons (Fsp3) is 0.156. The number of methoxy groups -OCH3 is 1. The van der Waals surface area contributed by atoms with Crippen molar-refractivity contribution in [1.29, 1.82) is 5.26 Å². The normalized spacial score (nSPS) is 10.9. The highest BCUT2D eigenvalue weighted by molar-refractivity contribution is 6.32. The Bertz CT molecular complexity index is 1580. The summed E-state index contributed by atoms with van der Waals surface area (Å²) in [6, 6.07) is 26.7. The van der Waals surface area contributed by atoms with Crippen LogP contribution in [0, 0.1) is 21.4 Å². The molecular weight excluding hydrogens is 544 g/mol. The Morgan fingerprint density at radius 1 is 0.902 bits per heavy atom. The van der Waals surface area contributed by atoms with Crippen LogP contribution in [0.5, 0.6) is 23.0 Å². The Morgan fingerprint density at radius 2 is 1.63 bits per heavy atom. The van der Waals surface area contributed by atoms with Crippen molar-refractivity contribution in [2.45, 2.75) is 20.1 Å². The zero-order valence-corrected chi connectivity index (χ0v) is 23.3. The number of nitriles is 1. The molecule has 0 unspecified atom stereocenters. The molecule has 41 heavy (non-hydrogen) atoms. The van der Waals surface area contributed by atoms with Crippen molar-refractivity contribution in [2.24, 2.45) is 0 Å². The summed E-state index contributed by atoms with van der Waals surface area (Å²) in [5.41, 5.74) is 3.30. The molecule has 0 radical (unpaired) electrons. The summed E-state index contributed by atoms with van der Waals surface area (Å²) in [6.45, 7) is 2.82. The predicted octanol–water partition coefficient (Wildman–Crippen LogP) is 7.88. The maximum absolute atomic E-state index is 11.0. The SMILES string of the molecule is CCOc1cc(/C=C(\C#N)c2ccc([N+](=O)[O-])cc2)cc(Cl)c1OCc1ccc(OCc2ccccc2)c(OC)c1. The van der Waals surface area contributed by atoms with E-state index in [1.165, 1.54) is 24.3 Å². The molecule has 0 aliphatic rings. The van der Waals surface area contributed by atoms with Crippen LogP contribution in [0.4, 0.5) is 5.69 Å². The number of ether oxygens (including phenoxy) is 4. The minimum Gasteiger partial charge on any atom is -0.493 e. The molecule has 0 N–H and O–H groups in total. The molecule has 4 aromatic carbocycles. The summed E-state index contributed by atoms with van der Waals surface area (Å²) in [5.74, 6) is 1.98. The number of hydrogen-bond acceptors (Lipinski definition) is 7. The Labute approximate surface area is 243 Å². The van der Waals surface area contributed by atoms with Gasteiger partial charge in [-0.15, -0.1) is 0 Å². The van der Waals surface area contributed by atoms with E-state index in [2.05, 4.69) is 6.07 Å². The summed E-state index contributed by atoms with van der Waals surface area (Å²) in [5, 5.41) is 21.0. The van der Waals surface area contributed by atoms with Crippen molar-refractivity contribution in [3.63, 3.8) is 0 Å². The number of nitro benzene ring substituents is 1. The largest absolute Gasteiger partial charge is 0.493 e. The van der Waals surface area contributed by atoms with Gasteiger partial charge in [-0.1, -0.05) is 48.0 Å². The van der Waals surface area contributed by atoms with E-state index < -0.39 is 4.92 Å². The second kappa shape index (κ2) is 13.9. The quantitative estimate of drug-likeness (QED) is 0.0738. The number of halogens is 1. The number of benzene rings is 4. The molecule has 0 aliphatic carbocycles. The van der Waals surface area contributed by atoms with Gasteiger partial charge in [0, 0.05) is 12.1 Å². The maximum Gasteiger partial charge on any atom is 0.269 e. The van der Waals surface area contributed by atoms with Crippen LogP contribution in [0.15, 0.2) is 84.9 Å². The third-order valence-electron chi connectivity index (χ3n) is 6.00. The topological polar surface area (TPSA) is 104 Å². The van der Waals surface area contributed by atoms with E-state index in [1.54, 1.807) is 25.3 Å². The highest BCUT2D eigenvalue weighted by atomic mass is 35.5. The van der Waals surface area contributed by atoms with Gasteiger partial charge in [-0.05, 0) is 71.7 Å². The summed E-state index contributed by atoms with van der Waals surface area (Å²) >= 11 is 6.61. The molecule has 0 aliphatic heterocycles. The number of rotatable bonds is 12. The van der Waals surface area contributed by atoms with Crippen molar-refractivity contribution in [3.8, 4) is 29.1 Å². The van der Waals surface area contributed by atoms with Gasteiger partial charge in [0.05, 0.1) is 35.3 Å². The fourth-order valence-corrected chi connectivity index (χ4v) is 4.27. The van der Waals surface area contributed by atoms with Crippen LogP contribution in [-0.4, -0.2) is 18.6 Å². The first-order chi connectivity index (χ1) is 19.9. The van der Waals surface area contributed by atoms with Crippen molar-refractivity contribution in [3.05, 3.63) is 122 Å². The summed E-state index contributed by atoms with van der Waals surface area (Å²) in [7, 11) is 1.58. The number of nitro groups is 1. The van der Waals surface area contributed by atoms with Crippen molar-refractivity contribution >= 4 is 28.9 Å². The second-order valence-corrected chi connectivity index (χ2v) is 9.19. The van der Waals surface area contributed by atoms with Gasteiger partial charge < -0.3 is 18.9 Å². The van der Waals surface area contributed by atoms with Gasteiger partial charge in [-0.2, -0.15) is 5.26 Å². The summed E-state index contributed by atoms with van der Waals surface area (Å²) < 4.78 is 23.4. The van der Waals surface area contributed by atoms with Gasteiger partial charge in [-0.3, -0.25) is 10.1 Å². The average Bonchev–Trinajstić information content (AvgIpc) is 2.99. The molecule has 0 aromatic heterocycles. The lowest BCUT2D eigenvalue weighted by Crippen LogP contribution is -2.02. The van der Waals surface area contributed by atoms with Crippen LogP contribution >= 0.6 is 11.6 Å². The van der Waals surface area contributed by atoms with E-state index in [9.17, 15) is 15.4 Å². The molecule has 4 aromatic rings. The first-order valence-corrected chi connectivity index (χ1v) is 13.1. The monoisotopic (exact) mass is 570 g/mol. The fourth-order valence-electron chi connectivity index (χ4n) is 4.00. The highest BCUT2D eigenvalue weighted by Gasteiger charge is 2.15. The minimum atomic E-state index is -0.489. The van der Waals surface area contributed by atoms with Crippen LogP contribution in [0.3, 0.4) is 0 Å². The van der Waals surface area contributed by atoms with Gasteiger partial charge in [0.25, 0.3) is 5.69 Å². The standard InChI is InChI=1S/C32H27ClN2O6/c1-3-39-31-18-24(15-26(19-34)25-10-12-27(13-11-25)35(36)37)16-28(33)32(31)41-21-23-9-14-29(30(17-23)38-2)40-20-22-7-5-4-6-8-22/h4-18H,3,20-21H2,1-2H3/b26-15+. The molecule has 4 rings (SSSR count). The van der Waals surface area contributed by atoms with E-state index >= 15 is 0 Å². The van der Waals surface area contributed by atoms with E-state index in [0.29, 0.717) is 57.9 Å².